The standard InChI is InChI=1S/C12H13NO2S/c1-8(7-14)11-6-13-12(16-11)9-4-2-3-5-10(9)15/h2-6,8,14-15H,7H2,1H3. The molecule has 4 heteroatoms. The maximum atomic E-state index is 9.69. The van der Waals surface area contributed by atoms with Gasteiger partial charge in [-0.1, -0.05) is 19.1 Å². The zero-order valence-electron chi connectivity index (χ0n) is 8.92. The van der Waals surface area contributed by atoms with E-state index in [4.69, 9.17) is 5.11 Å². The monoisotopic (exact) mass is 235 g/mol. The molecule has 1 atom stereocenters. The van der Waals surface area contributed by atoms with Crippen LogP contribution in [-0.4, -0.2) is 21.8 Å². The second-order valence-corrected chi connectivity index (χ2v) is 4.73. The number of thiazole rings is 1. The number of aliphatic hydroxyl groups excluding tert-OH is 1. The number of phenols is 1. The van der Waals surface area contributed by atoms with Crippen molar-refractivity contribution in [3.63, 3.8) is 0 Å². The average Bonchev–Trinajstić information content (AvgIpc) is 2.78. The molecule has 0 aliphatic carbocycles. The number of aliphatic hydroxyl groups is 1. The highest BCUT2D eigenvalue weighted by Gasteiger charge is 2.12. The number of rotatable bonds is 3. The molecule has 16 heavy (non-hydrogen) atoms. The molecule has 0 saturated heterocycles. The first-order chi connectivity index (χ1) is 7.72. The molecule has 0 spiro atoms. The summed E-state index contributed by atoms with van der Waals surface area (Å²) in [6.07, 6.45) is 1.76. The lowest BCUT2D eigenvalue weighted by atomic mass is 10.2. The van der Waals surface area contributed by atoms with Gasteiger partial charge in [-0.05, 0) is 12.1 Å². The Kier molecular flexibility index (Phi) is 3.22. The van der Waals surface area contributed by atoms with E-state index < -0.39 is 0 Å². The van der Waals surface area contributed by atoms with Crippen LogP contribution in [0.5, 0.6) is 5.75 Å². The summed E-state index contributed by atoms with van der Waals surface area (Å²) in [7, 11) is 0. The highest BCUT2D eigenvalue weighted by molar-refractivity contribution is 7.15. The van der Waals surface area contributed by atoms with Crippen molar-refractivity contribution in [3.8, 4) is 16.3 Å². The largest absolute Gasteiger partial charge is 0.507 e. The van der Waals surface area contributed by atoms with Gasteiger partial charge in [0.2, 0.25) is 0 Å². The summed E-state index contributed by atoms with van der Waals surface area (Å²) in [6, 6.07) is 7.13. The second-order valence-electron chi connectivity index (χ2n) is 3.67. The second kappa shape index (κ2) is 4.63. The van der Waals surface area contributed by atoms with Crippen LogP contribution in [0.1, 0.15) is 17.7 Å². The van der Waals surface area contributed by atoms with Crippen molar-refractivity contribution in [2.24, 2.45) is 0 Å². The lowest BCUT2D eigenvalue weighted by molar-refractivity contribution is 0.274. The molecule has 0 fully saturated rings. The van der Waals surface area contributed by atoms with Crippen molar-refractivity contribution in [2.75, 3.05) is 6.61 Å². The normalized spacial score (nSPS) is 12.6. The van der Waals surface area contributed by atoms with Crippen LogP contribution < -0.4 is 0 Å². The molecule has 1 heterocycles. The summed E-state index contributed by atoms with van der Waals surface area (Å²) in [4.78, 5) is 5.29. The van der Waals surface area contributed by atoms with Gasteiger partial charge in [-0.2, -0.15) is 0 Å². The summed E-state index contributed by atoms with van der Waals surface area (Å²) < 4.78 is 0. The summed E-state index contributed by atoms with van der Waals surface area (Å²) in [5.41, 5.74) is 0.740. The SMILES string of the molecule is CC(CO)c1cnc(-c2ccccc2O)s1. The maximum absolute atomic E-state index is 9.69. The molecule has 0 aliphatic heterocycles. The van der Waals surface area contributed by atoms with Gasteiger partial charge in [-0.25, -0.2) is 4.98 Å². The number of aromatic nitrogens is 1. The molecular formula is C12H13NO2S. The quantitative estimate of drug-likeness (QED) is 0.859. The fourth-order valence-electron chi connectivity index (χ4n) is 1.38. The summed E-state index contributed by atoms with van der Waals surface area (Å²) in [6.45, 7) is 2.06. The summed E-state index contributed by atoms with van der Waals surface area (Å²) >= 11 is 1.50. The Labute approximate surface area is 98.0 Å². The number of aromatic hydroxyl groups is 1. The smallest absolute Gasteiger partial charge is 0.127 e. The molecule has 2 rings (SSSR count). The highest BCUT2D eigenvalue weighted by atomic mass is 32.1. The fraction of sp³-hybridized carbons (Fsp3) is 0.250. The van der Waals surface area contributed by atoms with E-state index in [0.717, 1.165) is 15.4 Å². The molecule has 2 aromatic rings. The maximum Gasteiger partial charge on any atom is 0.127 e. The first-order valence-corrected chi connectivity index (χ1v) is 5.89. The van der Waals surface area contributed by atoms with Crippen LogP contribution in [0, 0.1) is 0 Å². The molecule has 1 aromatic carbocycles. The van der Waals surface area contributed by atoms with Crippen LogP contribution in [0.2, 0.25) is 0 Å². The van der Waals surface area contributed by atoms with Gasteiger partial charge >= 0.3 is 0 Å². The van der Waals surface area contributed by atoms with Crippen LogP contribution in [0.25, 0.3) is 10.6 Å². The third-order valence-corrected chi connectivity index (χ3v) is 3.68. The van der Waals surface area contributed by atoms with E-state index in [2.05, 4.69) is 4.98 Å². The number of nitrogens with zero attached hydrogens (tertiary/aromatic N) is 1. The molecular weight excluding hydrogens is 222 g/mol. The van der Waals surface area contributed by atoms with Gasteiger partial charge in [0.15, 0.2) is 0 Å². The highest BCUT2D eigenvalue weighted by Crippen LogP contribution is 2.34. The number of para-hydroxylation sites is 1. The van der Waals surface area contributed by atoms with Gasteiger partial charge in [-0.3, -0.25) is 0 Å². The predicted octanol–water partition coefficient (Wildman–Crippen LogP) is 2.61. The Morgan fingerprint density at radius 3 is 2.81 bits per heavy atom. The van der Waals surface area contributed by atoms with Gasteiger partial charge in [0.1, 0.15) is 10.8 Å². The third-order valence-electron chi connectivity index (χ3n) is 2.42. The Bertz CT molecular complexity index is 481. The van der Waals surface area contributed by atoms with Gasteiger partial charge < -0.3 is 10.2 Å². The fourth-order valence-corrected chi connectivity index (χ4v) is 2.38. The first kappa shape index (κ1) is 11.1. The minimum absolute atomic E-state index is 0.0945. The molecule has 1 unspecified atom stereocenters. The molecule has 84 valence electrons. The molecule has 0 saturated carbocycles. The Morgan fingerprint density at radius 2 is 2.12 bits per heavy atom. The predicted molar refractivity (Wildman–Crippen MR) is 64.7 cm³/mol. The summed E-state index contributed by atoms with van der Waals surface area (Å²) in [5, 5.41) is 19.5. The molecule has 2 N–H and O–H groups in total. The van der Waals surface area contributed by atoms with Crippen LogP contribution in [-0.2, 0) is 0 Å². The number of benzene rings is 1. The van der Waals surface area contributed by atoms with Crippen molar-refractivity contribution >= 4 is 11.3 Å². The van der Waals surface area contributed by atoms with Gasteiger partial charge in [0, 0.05) is 17.0 Å². The molecule has 0 bridgehead atoms. The van der Waals surface area contributed by atoms with Crippen LogP contribution in [0.3, 0.4) is 0 Å². The first-order valence-electron chi connectivity index (χ1n) is 5.07. The lowest BCUT2D eigenvalue weighted by Gasteiger charge is -2.02. The minimum atomic E-state index is 0.0945. The van der Waals surface area contributed by atoms with E-state index in [0.29, 0.717) is 0 Å². The van der Waals surface area contributed by atoms with Gasteiger partial charge in [0.25, 0.3) is 0 Å². The minimum Gasteiger partial charge on any atom is -0.507 e. The van der Waals surface area contributed by atoms with Crippen molar-refractivity contribution in [1.29, 1.82) is 0 Å². The van der Waals surface area contributed by atoms with Crippen LogP contribution in [0.15, 0.2) is 30.5 Å². The molecule has 3 nitrogen and oxygen atoms in total. The van der Waals surface area contributed by atoms with E-state index in [-0.39, 0.29) is 18.3 Å². The molecule has 0 aliphatic rings. The topological polar surface area (TPSA) is 53.4 Å². The summed E-state index contributed by atoms with van der Waals surface area (Å²) in [5.74, 6) is 0.331. The molecule has 0 amide bonds. The molecule has 1 aromatic heterocycles. The Balaban J connectivity index is 2.35. The number of hydrogen-bond acceptors (Lipinski definition) is 4. The van der Waals surface area contributed by atoms with E-state index >= 15 is 0 Å². The Morgan fingerprint density at radius 1 is 1.38 bits per heavy atom. The number of hydrogen-bond donors (Lipinski definition) is 2. The number of phenolic OH excluding ortho intramolecular Hbond substituents is 1. The van der Waals surface area contributed by atoms with E-state index in [1.54, 1.807) is 18.3 Å². The van der Waals surface area contributed by atoms with Crippen molar-refractivity contribution in [3.05, 3.63) is 35.3 Å². The van der Waals surface area contributed by atoms with Crippen molar-refractivity contribution in [2.45, 2.75) is 12.8 Å². The van der Waals surface area contributed by atoms with E-state index in [1.165, 1.54) is 11.3 Å². The third kappa shape index (κ3) is 2.08. The Hall–Kier alpha value is -1.39. The van der Waals surface area contributed by atoms with Gasteiger partial charge in [0.05, 0.1) is 12.2 Å². The van der Waals surface area contributed by atoms with E-state index in [1.807, 2.05) is 19.1 Å². The van der Waals surface area contributed by atoms with Crippen LogP contribution >= 0.6 is 11.3 Å². The van der Waals surface area contributed by atoms with Crippen molar-refractivity contribution in [1.82, 2.24) is 4.98 Å². The average molecular weight is 235 g/mol. The van der Waals surface area contributed by atoms with E-state index in [9.17, 15) is 5.11 Å². The zero-order valence-corrected chi connectivity index (χ0v) is 9.74. The molecule has 0 radical (unpaired) electrons. The van der Waals surface area contributed by atoms with Crippen LogP contribution in [0.4, 0.5) is 0 Å². The van der Waals surface area contributed by atoms with Gasteiger partial charge in [-0.15, -0.1) is 11.3 Å². The zero-order chi connectivity index (χ0) is 11.5. The van der Waals surface area contributed by atoms with Crippen molar-refractivity contribution < 1.29 is 10.2 Å². The lowest BCUT2D eigenvalue weighted by Crippen LogP contribution is -1.94.